The van der Waals surface area contributed by atoms with Crippen LogP contribution in [0.3, 0.4) is 0 Å². The van der Waals surface area contributed by atoms with Gasteiger partial charge in [0.05, 0.1) is 19.0 Å². The average molecular weight is 334 g/mol. The Morgan fingerprint density at radius 1 is 1.13 bits per heavy atom. The van der Waals surface area contributed by atoms with Gasteiger partial charge in [-0.2, -0.15) is 0 Å². The standard InChI is InChI=1S/C18H26N2O2S/c21-17-15-23-18(14-22-13-16-7-2-1-3-8-16)20(17)12-6-11-19-9-4-5-10-19/h1-3,7-8,18H,4-6,9-15H2. The van der Waals surface area contributed by atoms with Gasteiger partial charge in [0.25, 0.3) is 0 Å². The molecule has 4 nitrogen and oxygen atoms in total. The van der Waals surface area contributed by atoms with E-state index in [2.05, 4.69) is 17.0 Å². The molecular weight excluding hydrogens is 308 g/mol. The van der Waals surface area contributed by atoms with E-state index < -0.39 is 0 Å². The number of rotatable bonds is 8. The summed E-state index contributed by atoms with van der Waals surface area (Å²) in [6.07, 6.45) is 3.73. The van der Waals surface area contributed by atoms with Crippen LogP contribution in [0.1, 0.15) is 24.8 Å². The number of likely N-dealkylation sites (tertiary alicyclic amines) is 1. The third-order valence-electron chi connectivity index (χ3n) is 4.51. The molecule has 1 aromatic carbocycles. The van der Waals surface area contributed by atoms with Gasteiger partial charge in [0, 0.05) is 6.54 Å². The lowest BCUT2D eigenvalue weighted by Gasteiger charge is -2.25. The summed E-state index contributed by atoms with van der Waals surface area (Å²) < 4.78 is 5.84. The maximum absolute atomic E-state index is 12.1. The van der Waals surface area contributed by atoms with E-state index in [-0.39, 0.29) is 11.3 Å². The van der Waals surface area contributed by atoms with Crippen molar-refractivity contribution in [2.45, 2.75) is 31.2 Å². The number of ether oxygens (including phenoxy) is 1. The smallest absolute Gasteiger partial charge is 0.233 e. The highest BCUT2D eigenvalue weighted by Gasteiger charge is 2.31. The predicted molar refractivity (Wildman–Crippen MR) is 94.3 cm³/mol. The molecule has 1 amide bonds. The van der Waals surface area contributed by atoms with Crippen molar-refractivity contribution in [1.82, 2.24) is 9.80 Å². The van der Waals surface area contributed by atoms with Crippen LogP contribution in [0.5, 0.6) is 0 Å². The molecule has 23 heavy (non-hydrogen) atoms. The quantitative estimate of drug-likeness (QED) is 0.731. The van der Waals surface area contributed by atoms with Gasteiger partial charge in [-0.05, 0) is 44.5 Å². The minimum Gasteiger partial charge on any atom is -0.374 e. The molecule has 1 aromatic rings. The number of hydrogen-bond acceptors (Lipinski definition) is 4. The first-order valence-corrected chi connectivity index (χ1v) is 9.63. The third-order valence-corrected chi connectivity index (χ3v) is 5.70. The molecule has 0 aromatic heterocycles. The van der Waals surface area contributed by atoms with E-state index >= 15 is 0 Å². The van der Waals surface area contributed by atoms with E-state index in [4.69, 9.17) is 4.74 Å². The zero-order valence-electron chi connectivity index (χ0n) is 13.7. The highest BCUT2D eigenvalue weighted by molar-refractivity contribution is 8.01. The number of carbonyl (C=O) groups is 1. The Bertz CT molecular complexity index is 491. The maximum atomic E-state index is 12.1. The van der Waals surface area contributed by atoms with E-state index in [0.717, 1.165) is 19.5 Å². The van der Waals surface area contributed by atoms with Gasteiger partial charge in [0.1, 0.15) is 5.37 Å². The number of hydrogen-bond donors (Lipinski definition) is 0. The number of amides is 1. The Morgan fingerprint density at radius 3 is 2.70 bits per heavy atom. The summed E-state index contributed by atoms with van der Waals surface area (Å²) in [7, 11) is 0. The van der Waals surface area contributed by atoms with Crippen molar-refractivity contribution in [2.75, 3.05) is 38.5 Å². The Kier molecular flexibility index (Phi) is 6.37. The number of nitrogens with zero attached hydrogens (tertiary/aromatic N) is 2. The van der Waals surface area contributed by atoms with E-state index in [9.17, 15) is 4.79 Å². The second-order valence-electron chi connectivity index (χ2n) is 6.26. The normalized spacial score (nSPS) is 22.2. The van der Waals surface area contributed by atoms with Gasteiger partial charge in [0.15, 0.2) is 0 Å². The summed E-state index contributed by atoms with van der Waals surface area (Å²) in [4.78, 5) is 16.6. The molecule has 1 unspecified atom stereocenters. The van der Waals surface area contributed by atoms with Gasteiger partial charge < -0.3 is 14.5 Å². The van der Waals surface area contributed by atoms with Gasteiger partial charge in [0.2, 0.25) is 5.91 Å². The molecule has 2 heterocycles. The van der Waals surface area contributed by atoms with E-state index in [1.807, 2.05) is 23.1 Å². The molecule has 0 spiro atoms. The van der Waals surface area contributed by atoms with Crippen molar-refractivity contribution in [1.29, 1.82) is 0 Å². The number of thioether (sulfide) groups is 1. The monoisotopic (exact) mass is 334 g/mol. The van der Waals surface area contributed by atoms with Crippen LogP contribution >= 0.6 is 11.8 Å². The highest BCUT2D eigenvalue weighted by Crippen LogP contribution is 2.25. The Balaban J connectivity index is 1.39. The molecule has 0 N–H and O–H groups in total. The Labute approximate surface area is 143 Å². The van der Waals surface area contributed by atoms with Crippen molar-refractivity contribution in [2.24, 2.45) is 0 Å². The summed E-state index contributed by atoms with van der Waals surface area (Å²) in [6.45, 7) is 5.68. The van der Waals surface area contributed by atoms with E-state index in [1.165, 1.54) is 31.5 Å². The molecule has 126 valence electrons. The highest BCUT2D eigenvalue weighted by atomic mass is 32.2. The van der Waals surface area contributed by atoms with Crippen molar-refractivity contribution in [3.05, 3.63) is 35.9 Å². The zero-order valence-corrected chi connectivity index (χ0v) is 14.5. The van der Waals surface area contributed by atoms with Crippen molar-refractivity contribution in [3.8, 4) is 0 Å². The molecule has 0 aliphatic carbocycles. The van der Waals surface area contributed by atoms with Crippen LogP contribution in [0, 0.1) is 0 Å². The third kappa shape index (κ3) is 4.96. The Morgan fingerprint density at radius 2 is 1.91 bits per heavy atom. The van der Waals surface area contributed by atoms with Gasteiger partial charge in [-0.1, -0.05) is 30.3 Å². The molecule has 2 fully saturated rings. The minimum atomic E-state index is 0.185. The molecule has 0 radical (unpaired) electrons. The fourth-order valence-corrected chi connectivity index (χ4v) is 4.33. The topological polar surface area (TPSA) is 32.8 Å². The van der Waals surface area contributed by atoms with Crippen LogP contribution in [0.15, 0.2) is 30.3 Å². The lowest BCUT2D eigenvalue weighted by molar-refractivity contribution is -0.128. The van der Waals surface area contributed by atoms with Gasteiger partial charge >= 0.3 is 0 Å². The van der Waals surface area contributed by atoms with Crippen molar-refractivity contribution in [3.63, 3.8) is 0 Å². The summed E-state index contributed by atoms with van der Waals surface area (Å²) >= 11 is 1.71. The molecular formula is C18H26N2O2S. The molecule has 0 bridgehead atoms. The first-order chi connectivity index (χ1) is 11.3. The molecule has 2 aliphatic heterocycles. The number of benzene rings is 1. The van der Waals surface area contributed by atoms with Crippen LogP contribution in [0.2, 0.25) is 0 Å². The maximum Gasteiger partial charge on any atom is 0.233 e. The first-order valence-electron chi connectivity index (χ1n) is 8.58. The van der Waals surface area contributed by atoms with Crippen LogP contribution in [0.4, 0.5) is 0 Å². The molecule has 0 saturated carbocycles. The molecule has 2 saturated heterocycles. The van der Waals surface area contributed by atoms with Gasteiger partial charge in [-0.25, -0.2) is 0 Å². The van der Waals surface area contributed by atoms with Gasteiger partial charge in [-0.15, -0.1) is 11.8 Å². The number of carbonyl (C=O) groups excluding carboxylic acids is 1. The molecule has 5 heteroatoms. The Hall–Kier alpha value is -1.04. The van der Waals surface area contributed by atoms with Crippen LogP contribution in [0.25, 0.3) is 0 Å². The predicted octanol–water partition coefficient (Wildman–Crippen LogP) is 2.59. The first kappa shape index (κ1) is 16.8. The summed E-state index contributed by atoms with van der Waals surface area (Å²) in [6, 6.07) is 10.2. The van der Waals surface area contributed by atoms with Crippen LogP contribution in [-0.4, -0.2) is 59.6 Å². The van der Waals surface area contributed by atoms with Crippen LogP contribution in [-0.2, 0) is 16.1 Å². The summed E-state index contributed by atoms with van der Waals surface area (Å²) in [5.41, 5.74) is 1.18. The molecule has 2 aliphatic rings. The zero-order chi connectivity index (χ0) is 15.9. The fraction of sp³-hybridized carbons (Fsp3) is 0.611. The lowest BCUT2D eigenvalue weighted by atomic mass is 10.2. The van der Waals surface area contributed by atoms with Crippen molar-refractivity contribution < 1.29 is 9.53 Å². The largest absolute Gasteiger partial charge is 0.374 e. The van der Waals surface area contributed by atoms with Gasteiger partial charge in [-0.3, -0.25) is 4.79 Å². The van der Waals surface area contributed by atoms with Crippen molar-refractivity contribution >= 4 is 17.7 Å². The van der Waals surface area contributed by atoms with E-state index in [0.29, 0.717) is 19.0 Å². The fourth-order valence-electron chi connectivity index (χ4n) is 3.23. The SMILES string of the molecule is O=C1CSC(COCc2ccccc2)N1CCCN1CCCC1. The molecule has 3 rings (SSSR count). The molecule has 1 atom stereocenters. The lowest BCUT2D eigenvalue weighted by Crippen LogP contribution is -2.37. The second kappa shape index (κ2) is 8.71. The van der Waals surface area contributed by atoms with E-state index in [1.54, 1.807) is 11.8 Å². The second-order valence-corrected chi connectivity index (χ2v) is 7.42. The minimum absolute atomic E-state index is 0.185. The average Bonchev–Trinajstić information content (AvgIpc) is 3.20. The summed E-state index contributed by atoms with van der Waals surface area (Å²) in [5.74, 6) is 0.869. The summed E-state index contributed by atoms with van der Waals surface area (Å²) in [5, 5.41) is 0.185. The van der Waals surface area contributed by atoms with Crippen LogP contribution < -0.4 is 0 Å².